The van der Waals surface area contributed by atoms with Gasteiger partial charge in [0.15, 0.2) is 0 Å². The molecule has 0 radical (unpaired) electrons. The highest BCUT2D eigenvalue weighted by molar-refractivity contribution is 4.78. The van der Waals surface area contributed by atoms with Crippen LogP contribution in [-0.2, 0) is 4.74 Å². The van der Waals surface area contributed by atoms with Crippen molar-refractivity contribution in [3.05, 3.63) is 0 Å². The lowest BCUT2D eigenvalue weighted by Crippen LogP contribution is -2.38. The minimum absolute atomic E-state index is 0.238. The summed E-state index contributed by atoms with van der Waals surface area (Å²) >= 11 is 0. The Labute approximate surface area is 80.5 Å². The Hall–Kier alpha value is -0.120. The molecule has 0 saturated carbocycles. The first kappa shape index (κ1) is 11.0. The van der Waals surface area contributed by atoms with Gasteiger partial charge in [0.1, 0.15) is 0 Å². The Morgan fingerprint density at radius 2 is 2.31 bits per heavy atom. The van der Waals surface area contributed by atoms with Crippen molar-refractivity contribution in [3.8, 4) is 0 Å². The quantitative estimate of drug-likeness (QED) is 0.683. The second kappa shape index (κ2) is 4.40. The maximum Gasteiger partial charge on any atom is 0.0875 e. The number of hydrogen-bond donors (Lipinski definition) is 2. The molecule has 0 amide bonds. The van der Waals surface area contributed by atoms with E-state index in [0.29, 0.717) is 12.7 Å². The van der Waals surface area contributed by atoms with Gasteiger partial charge in [-0.25, -0.2) is 0 Å². The fourth-order valence-corrected chi connectivity index (χ4v) is 1.22. The molecule has 78 valence electrons. The maximum atomic E-state index is 9.91. The SMILES string of the molecule is CC(C)C(C)(O)COC1CCNC1. The first-order chi connectivity index (χ1) is 6.02. The van der Waals surface area contributed by atoms with Crippen molar-refractivity contribution in [2.75, 3.05) is 19.7 Å². The molecular weight excluding hydrogens is 166 g/mol. The van der Waals surface area contributed by atoms with E-state index < -0.39 is 5.60 Å². The van der Waals surface area contributed by atoms with Crippen LogP contribution in [0.2, 0.25) is 0 Å². The molecule has 3 heteroatoms. The van der Waals surface area contributed by atoms with Gasteiger partial charge < -0.3 is 15.2 Å². The van der Waals surface area contributed by atoms with Gasteiger partial charge in [-0.15, -0.1) is 0 Å². The van der Waals surface area contributed by atoms with Gasteiger partial charge in [-0.05, 0) is 25.8 Å². The van der Waals surface area contributed by atoms with Crippen LogP contribution in [0.1, 0.15) is 27.2 Å². The summed E-state index contributed by atoms with van der Waals surface area (Å²) in [5.41, 5.74) is -0.692. The van der Waals surface area contributed by atoms with Crippen molar-refractivity contribution in [1.29, 1.82) is 0 Å². The van der Waals surface area contributed by atoms with Crippen molar-refractivity contribution < 1.29 is 9.84 Å². The highest BCUT2D eigenvalue weighted by atomic mass is 16.5. The van der Waals surface area contributed by atoms with E-state index in [-0.39, 0.29) is 5.92 Å². The number of hydrogen-bond acceptors (Lipinski definition) is 3. The summed E-state index contributed by atoms with van der Waals surface area (Å²) in [6.45, 7) is 8.26. The predicted octanol–water partition coefficient (Wildman–Crippen LogP) is 0.772. The van der Waals surface area contributed by atoms with E-state index in [9.17, 15) is 5.11 Å². The van der Waals surface area contributed by atoms with Gasteiger partial charge in [0.25, 0.3) is 0 Å². The zero-order valence-electron chi connectivity index (χ0n) is 8.84. The number of aliphatic hydroxyl groups is 1. The Morgan fingerprint density at radius 1 is 1.62 bits per heavy atom. The van der Waals surface area contributed by atoms with Gasteiger partial charge in [0.05, 0.1) is 18.3 Å². The normalized spacial score (nSPS) is 27.9. The molecule has 2 N–H and O–H groups in total. The summed E-state index contributed by atoms with van der Waals surface area (Å²) in [4.78, 5) is 0. The average Bonchev–Trinajstić information content (AvgIpc) is 2.52. The molecule has 1 aliphatic heterocycles. The van der Waals surface area contributed by atoms with Gasteiger partial charge >= 0.3 is 0 Å². The zero-order chi connectivity index (χ0) is 9.90. The molecule has 0 bridgehead atoms. The van der Waals surface area contributed by atoms with Gasteiger partial charge in [-0.3, -0.25) is 0 Å². The molecule has 1 saturated heterocycles. The summed E-state index contributed by atoms with van der Waals surface area (Å²) in [6, 6.07) is 0. The third-order valence-corrected chi connectivity index (χ3v) is 2.87. The molecule has 1 fully saturated rings. The van der Waals surface area contributed by atoms with E-state index in [1.807, 2.05) is 20.8 Å². The molecular formula is C10H21NO2. The molecule has 0 aromatic rings. The molecule has 1 heterocycles. The third kappa shape index (κ3) is 3.25. The number of ether oxygens (including phenoxy) is 1. The first-order valence-electron chi connectivity index (χ1n) is 5.07. The highest BCUT2D eigenvalue weighted by Gasteiger charge is 2.27. The fraction of sp³-hybridized carbons (Fsp3) is 1.00. The topological polar surface area (TPSA) is 41.5 Å². The maximum absolute atomic E-state index is 9.91. The van der Waals surface area contributed by atoms with Crippen molar-refractivity contribution >= 4 is 0 Å². The van der Waals surface area contributed by atoms with Crippen molar-refractivity contribution in [1.82, 2.24) is 5.32 Å². The monoisotopic (exact) mass is 187 g/mol. The van der Waals surface area contributed by atoms with E-state index in [4.69, 9.17) is 4.74 Å². The molecule has 13 heavy (non-hydrogen) atoms. The molecule has 0 aliphatic carbocycles. The Balaban J connectivity index is 2.24. The first-order valence-corrected chi connectivity index (χ1v) is 5.07. The third-order valence-electron chi connectivity index (χ3n) is 2.87. The van der Waals surface area contributed by atoms with Crippen molar-refractivity contribution in [3.63, 3.8) is 0 Å². The summed E-state index contributed by atoms with van der Waals surface area (Å²) in [6.07, 6.45) is 1.36. The minimum Gasteiger partial charge on any atom is -0.388 e. The fourth-order valence-electron chi connectivity index (χ4n) is 1.22. The molecule has 0 aromatic heterocycles. The van der Waals surface area contributed by atoms with Crippen molar-refractivity contribution in [2.45, 2.75) is 38.9 Å². The lowest BCUT2D eigenvalue weighted by molar-refractivity contribution is -0.0820. The highest BCUT2D eigenvalue weighted by Crippen LogP contribution is 2.17. The van der Waals surface area contributed by atoms with E-state index in [1.54, 1.807) is 0 Å². The van der Waals surface area contributed by atoms with E-state index in [0.717, 1.165) is 19.5 Å². The summed E-state index contributed by atoms with van der Waals surface area (Å²) in [7, 11) is 0. The van der Waals surface area contributed by atoms with Crippen LogP contribution in [0.5, 0.6) is 0 Å². The summed E-state index contributed by atoms with van der Waals surface area (Å²) in [5.74, 6) is 0.238. The van der Waals surface area contributed by atoms with Crippen LogP contribution in [0.15, 0.2) is 0 Å². The number of nitrogens with one attached hydrogen (secondary N) is 1. The predicted molar refractivity (Wildman–Crippen MR) is 52.7 cm³/mol. The molecule has 1 aliphatic rings. The lowest BCUT2D eigenvalue weighted by Gasteiger charge is -2.28. The molecule has 0 aromatic carbocycles. The molecule has 2 unspecified atom stereocenters. The van der Waals surface area contributed by atoms with E-state index >= 15 is 0 Å². The molecule has 0 spiro atoms. The Morgan fingerprint density at radius 3 is 2.77 bits per heavy atom. The Bertz CT molecular complexity index is 151. The van der Waals surface area contributed by atoms with Gasteiger partial charge in [0.2, 0.25) is 0 Å². The van der Waals surface area contributed by atoms with Gasteiger partial charge in [-0.2, -0.15) is 0 Å². The lowest BCUT2D eigenvalue weighted by atomic mass is 9.94. The second-order valence-electron chi connectivity index (χ2n) is 4.44. The smallest absolute Gasteiger partial charge is 0.0875 e. The van der Waals surface area contributed by atoms with E-state index in [1.165, 1.54) is 0 Å². The van der Waals surface area contributed by atoms with Crippen LogP contribution in [0.4, 0.5) is 0 Å². The van der Waals surface area contributed by atoms with Crippen LogP contribution >= 0.6 is 0 Å². The zero-order valence-corrected chi connectivity index (χ0v) is 8.84. The second-order valence-corrected chi connectivity index (χ2v) is 4.44. The van der Waals surface area contributed by atoms with Crippen LogP contribution < -0.4 is 5.32 Å². The van der Waals surface area contributed by atoms with E-state index in [2.05, 4.69) is 5.32 Å². The number of rotatable bonds is 4. The molecule has 2 atom stereocenters. The minimum atomic E-state index is -0.692. The Kier molecular flexibility index (Phi) is 3.71. The summed E-state index contributed by atoms with van der Waals surface area (Å²) in [5, 5.41) is 13.1. The largest absolute Gasteiger partial charge is 0.388 e. The van der Waals surface area contributed by atoms with Crippen molar-refractivity contribution in [2.24, 2.45) is 5.92 Å². The van der Waals surface area contributed by atoms with Crippen LogP contribution in [0, 0.1) is 5.92 Å². The van der Waals surface area contributed by atoms with Gasteiger partial charge in [0, 0.05) is 6.54 Å². The van der Waals surface area contributed by atoms with Gasteiger partial charge in [-0.1, -0.05) is 13.8 Å². The van der Waals surface area contributed by atoms with Crippen LogP contribution in [0.3, 0.4) is 0 Å². The molecule has 1 rings (SSSR count). The van der Waals surface area contributed by atoms with Crippen LogP contribution in [0.25, 0.3) is 0 Å². The standard InChI is InChI=1S/C10H21NO2/c1-8(2)10(3,12)7-13-9-4-5-11-6-9/h8-9,11-12H,4-7H2,1-3H3. The molecule has 3 nitrogen and oxygen atoms in total. The average molecular weight is 187 g/mol. The van der Waals surface area contributed by atoms with Crippen LogP contribution in [-0.4, -0.2) is 36.5 Å². The summed E-state index contributed by atoms with van der Waals surface area (Å²) < 4.78 is 5.62.